The molecule has 62 valence electrons. The topological polar surface area (TPSA) is 3.24 Å². The van der Waals surface area contributed by atoms with Crippen LogP contribution in [0, 0.1) is 11.8 Å². The summed E-state index contributed by atoms with van der Waals surface area (Å²) in [6.45, 7) is 6.64. The standard InChI is InChI=1S/C9H16NP/c1-7-2-3-8-5-10(11)6-9(8)4-7/h8-9H,1-6,11H2. The lowest BCUT2D eigenvalue weighted by Crippen LogP contribution is -2.17. The Kier molecular flexibility index (Phi) is 2.03. The Morgan fingerprint density at radius 2 is 2.09 bits per heavy atom. The van der Waals surface area contributed by atoms with E-state index in [1.54, 1.807) is 0 Å². The molecule has 3 unspecified atom stereocenters. The first-order chi connectivity index (χ1) is 5.25. The molecule has 0 spiro atoms. The molecule has 0 aromatic heterocycles. The van der Waals surface area contributed by atoms with Gasteiger partial charge < -0.3 is 0 Å². The zero-order valence-corrected chi connectivity index (χ0v) is 8.08. The van der Waals surface area contributed by atoms with Crippen molar-refractivity contribution in [2.75, 3.05) is 13.1 Å². The minimum atomic E-state index is 0.925. The van der Waals surface area contributed by atoms with Crippen LogP contribution in [0.1, 0.15) is 19.3 Å². The monoisotopic (exact) mass is 169 g/mol. The maximum atomic E-state index is 4.07. The molecular weight excluding hydrogens is 153 g/mol. The predicted molar refractivity (Wildman–Crippen MR) is 51.3 cm³/mol. The molecule has 0 bridgehead atoms. The number of allylic oxidation sites excluding steroid dienone is 1. The van der Waals surface area contributed by atoms with Crippen molar-refractivity contribution >= 4 is 9.39 Å². The minimum absolute atomic E-state index is 0.925. The van der Waals surface area contributed by atoms with Crippen molar-refractivity contribution in [3.8, 4) is 0 Å². The van der Waals surface area contributed by atoms with Crippen molar-refractivity contribution < 1.29 is 0 Å². The summed E-state index contributed by atoms with van der Waals surface area (Å²) in [6.07, 6.45) is 3.95. The van der Waals surface area contributed by atoms with Gasteiger partial charge in [0.1, 0.15) is 0 Å². The van der Waals surface area contributed by atoms with E-state index in [9.17, 15) is 0 Å². The molecule has 0 amide bonds. The van der Waals surface area contributed by atoms with E-state index < -0.39 is 0 Å². The van der Waals surface area contributed by atoms with E-state index in [1.165, 1.54) is 37.9 Å². The second kappa shape index (κ2) is 2.88. The van der Waals surface area contributed by atoms with Crippen LogP contribution in [0.4, 0.5) is 0 Å². The van der Waals surface area contributed by atoms with Crippen molar-refractivity contribution in [1.82, 2.24) is 4.67 Å². The maximum Gasteiger partial charge on any atom is 0.00508 e. The normalized spacial score (nSPS) is 39.2. The van der Waals surface area contributed by atoms with E-state index in [0.29, 0.717) is 0 Å². The number of hydrogen-bond donors (Lipinski definition) is 0. The van der Waals surface area contributed by atoms with E-state index in [-0.39, 0.29) is 0 Å². The first-order valence-electron chi connectivity index (χ1n) is 4.42. The molecule has 1 aliphatic heterocycles. The third-order valence-electron chi connectivity index (χ3n) is 3.02. The summed E-state index contributed by atoms with van der Waals surface area (Å²) in [5.41, 5.74) is 1.48. The van der Waals surface area contributed by atoms with E-state index in [1.807, 2.05) is 0 Å². The van der Waals surface area contributed by atoms with Gasteiger partial charge in [-0.25, -0.2) is 0 Å². The summed E-state index contributed by atoms with van der Waals surface area (Å²) < 4.78 is 2.38. The van der Waals surface area contributed by atoms with Gasteiger partial charge in [-0.2, -0.15) is 0 Å². The third kappa shape index (κ3) is 1.50. The zero-order chi connectivity index (χ0) is 7.84. The second-order valence-corrected chi connectivity index (χ2v) is 4.70. The molecule has 11 heavy (non-hydrogen) atoms. The van der Waals surface area contributed by atoms with Crippen LogP contribution in [0.25, 0.3) is 0 Å². The molecule has 3 atom stereocenters. The molecule has 2 heteroatoms. The molecule has 0 radical (unpaired) electrons. The van der Waals surface area contributed by atoms with E-state index >= 15 is 0 Å². The van der Waals surface area contributed by atoms with Crippen LogP contribution in [0.15, 0.2) is 12.2 Å². The van der Waals surface area contributed by atoms with Gasteiger partial charge in [-0.05, 0) is 31.1 Å². The van der Waals surface area contributed by atoms with Gasteiger partial charge >= 0.3 is 0 Å². The van der Waals surface area contributed by atoms with Crippen molar-refractivity contribution in [2.24, 2.45) is 11.8 Å². The van der Waals surface area contributed by atoms with Gasteiger partial charge in [0.05, 0.1) is 0 Å². The number of rotatable bonds is 0. The lowest BCUT2D eigenvalue weighted by Gasteiger charge is -2.25. The molecule has 0 aromatic carbocycles. The van der Waals surface area contributed by atoms with Crippen molar-refractivity contribution in [2.45, 2.75) is 19.3 Å². The number of hydrogen-bond acceptors (Lipinski definition) is 1. The van der Waals surface area contributed by atoms with Gasteiger partial charge in [0.2, 0.25) is 0 Å². The molecule has 2 rings (SSSR count). The number of nitrogens with zero attached hydrogens (tertiary/aromatic N) is 1. The summed E-state index contributed by atoms with van der Waals surface area (Å²) in [5.74, 6) is 1.90. The Bertz CT molecular complexity index is 178. The van der Waals surface area contributed by atoms with Crippen LogP contribution in [-0.2, 0) is 0 Å². The highest BCUT2D eigenvalue weighted by atomic mass is 31.0. The van der Waals surface area contributed by atoms with Gasteiger partial charge in [0.25, 0.3) is 0 Å². The molecule has 0 N–H and O–H groups in total. The smallest absolute Gasteiger partial charge is 0.00508 e. The summed E-state index contributed by atoms with van der Waals surface area (Å²) in [7, 11) is 2.82. The minimum Gasteiger partial charge on any atom is -0.287 e. The molecule has 1 saturated heterocycles. The van der Waals surface area contributed by atoms with Gasteiger partial charge in [0.15, 0.2) is 0 Å². The highest BCUT2D eigenvalue weighted by Gasteiger charge is 2.33. The SMILES string of the molecule is C=C1CCC2CN(P)CC2C1. The van der Waals surface area contributed by atoms with Crippen LogP contribution in [0.5, 0.6) is 0 Å². The fraction of sp³-hybridized carbons (Fsp3) is 0.778. The highest BCUT2D eigenvalue weighted by Crippen LogP contribution is 2.38. The van der Waals surface area contributed by atoms with Crippen LogP contribution >= 0.6 is 9.39 Å². The van der Waals surface area contributed by atoms with E-state index in [2.05, 4.69) is 20.6 Å². The van der Waals surface area contributed by atoms with Crippen LogP contribution in [0.3, 0.4) is 0 Å². The van der Waals surface area contributed by atoms with Gasteiger partial charge in [0, 0.05) is 13.1 Å². The average molecular weight is 169 g/mol. The average Bonchev–Trinajstić information content (AvgIpc) is 2.27. The molecule has 2 fully saturated rings. The lowest BCUT2D eigenvalue weighted by molar-refractivity contribution is 0.350. The molecule has 1 heterocycles. The van der Waals surface area contributed by atoms with Crippen LogP contribution < -0.4 is 0 Å². The molecular formula is C9H16NP. The Morgan fingerprint density at radius 1 is 1.36 bits per heavy atom. The molecule has 1 nitrogen and oxygen atoms in total. The third-order valence-corrected chi connectivity index (χ3v) is 3.45. The highest BCUT2D eigenvalue weighted by molar-refractivity contribution is 7.13. The lowest BCUT2D eigenvalue weighted by atomic mass is 9.80. The van der Waals surface area contributed by atoms with Crippen molar-refractivity contribution in [3.05, 3.63) is 12.2 Å². The Morgan fingerprint density at radius 3 is 2.91 bits per heavy atom. The Balaban J connectivity index is 2.02. The van der Waals surface area contributed by atoms with Gasteiger partial charge in [-0.3, -0.25) is 4.67 Å². The van der Waals surface area contributed by atoms with Gasteiger partial charge in [-0.1, -0.05) is 21.5 Å². The molecule has 1 saturated carbocycles. The Hall–Kier alpha value is 0.130. The Labute approximate surface area is 71.1 Å². The van der Waals surface area contributed by atoms with E-state index in [4.69, 9.17) is 0 Å². The predicted octanol–water partition coefficient (Wildman–Crippen LogP) is 2.06. The van der Waals surface area contributed by atoms with Crippen molar-refractivity contribution in [3.63, 3.8) is 0 Å². The van der Waals surface area contributed by atoms with E-state index in [0.717, 1.165) is 11.8 Å². The van der Waals surface area contributed by atoms with Gasteiger partial charge in [-0.15, -0.1) is 0 Å². The summed E-state index contributed by atoms with van der Waals surface area (Å²) in [4.78, 5) is 0. The summed E-state index contributed by atoms with van der Waals surface area (Å²) in [6, 6.07) is 0. The quantitative estimate of drug-likeness (QED) is 0.396. The number of fused-ring (bicyclic) bond motifs is 1. The first-order valence-corrected chi connectivity index (χ1v) is 4.93. The molecule has 2 aliphatic rings. The fourth-order valence-electron chi connectivity index (χ4n) is 2.40. The maximum absolute atomic E-state index is 4.07. The fourth-order valence-corrected chi connectivity index (χ4v) is 2.94. The summed E-state index contributed by atoms with van der Waals surface area (Å²) in [5, 5.41) is 0. The largest absolute Gasteiger partial charge is 0.287 e. The second-order valence-electron chi connectivity index (χ2n) is 3.97. The van der Waals surface area contributed by atoms with Crippen molar-refractivity contribution in [1.29, 1.82) is 0 Å². The summed E-state index contributed by atoms with van der Waals surface area (Å²) >= 11 is 0. The molecule has 1 aliphatic carbocycles. The van der Waals surface area contributed by atoms with Crippen LogP contribution in [-0.4, -0.2) is 17.8 Å². The zero-order valence-electron chi connectivity index (χ0n) is 6.92. The van der Waals surface area contributed by atoms with Crippen LogP contribution in [0.2, 0.25) is 0 Å². The molecule has 0 aromatic rings. The first kappa shape index (κ1) is 7.76.